The minimum absolute atomic E-state index is 0.0105. The van der Waals surface area contributed by atoms with E-state index in [9.17, 15) is 14.4 Å². The number of rotatable bonds is 9. The van der Waals surface area contributed by atoms with Crippen molar-refractivity contribution in [1.82, 2.24) is 9.55 Å². The van der Waals surface area contributed by atoms with Crippen molar-refractivity contribution in [2.24, 2.45) is 0 Å². The largest absolute Gasteiger partial charge is 0.383 e. The van der Waals surface area contributed by atoms with E-state index in [1.165, 1.54) is 16.6 Å². The number of carbonyl (C=O) groups excluding carboxylic acids is 1. The van der Waals surface area contributed by atoms with Gasteiger partial charge in [0.1, 0.15) is 5.82 Å². The molecule has 8 heteroatoms. The minimum Gasteiger partial charge on any atom is -0.383 e. The zero-order chi connectivity index (χ0) is 19.8. The SMILES string of the molecule is CCCCC(=O)N(CCOC)c1c(N)n(Cc2ccccc2)c(=O)[nH]c1=O. The number of nitrogen functional groups attached to an aromatic ring is 1. The summed E-state index contributed by atoms with van der Waals surface area (Å²) in [5.74, 6) is -0.260. The highest BCUT2D eigenvalue weighted by atomic mass is 16.5. The monoisotopic (exact) mass is 374 g/mol. The van der Waals surface area contributed by atoms with Crippen molar-refractivity contribution in [3.8, 4) is 0 Å². The van der Waals surface area contributed by atoms with E-state index in [0.717, 1.165) is 12.0 Å². The van der Waals surface area contributed by atoms with Crippen molar-refractivity contribution < 1.29 is 9.53 Å². The fourth-order valence-electron chi connectivity index (χ4n) is 2.77. The number of ether oxygens (including phenoxy) is 1. The van der Waals surface area contributed by atoms with Gasteiger partial charge in [-0.25, -0.2) is 4.79 Å². The molecule has 0 unspecified atom stereocenters. The van der Waals surface area contributed by atoms with Crippen LogP contribution >= 0.6 is 0 Å². The molecule has 0 spiro atoms. The van der Waals surface area contributed by atoms with E-state index in [-0.39, 0.29) is 43.5 Å². The first-order valence-electron chi connectivity index (χ1n) is 8.95. The molecule has 27 heavy (non-hydrogen) atoms. The van der Waals surface area contributed by atoms with Crippen molar-refractivity contribution in [3.63, 3.8) is 0 Å². The third-order valence-electron chi connectivity index (χ3n) is 4.23. The van der Waals surface area contributed by atoms with Gasteiger partial charge >= 0.3 is 5.69 Å². The quantitative estimate of drug-likeness (QED) is 0.688. The fraction of sp³-hybridized carbons (Fsp3) is 0.421. The van der Waals surface area contributed by atoms with Gasteiger partial charge < -0.3 is 15.4 Å². The number of benzene rings is 1. The smallest absolute Gasteiger partial charge is 0.330 e. The molecule has 2 rings (SSSR count). The Morgan fingerprint density at radius 3 is 2.59 bits per heavy atom. The molecule has 0 atom stereocenters. The highest BCUT2D eigenvalue weighted by Gasteiger charge is 2.23. The molecule has 0 aliphatic carbocycles. The standard InChI is InChI=1S/C19H26N4O4/c1-3-4-10-15(24)22(11-12-27-2)16-17(20)23(19(26)21-18(16)25)13-14-8-6-5-7-9-14/h5-9H,3-4,10-13,20H2,1-2H3,(H,21,25,26). The highest BCUT2D eigenvalue weighted by molar-refractivity contribution is 5.95. The third kappa shape index (κ3) is 5.07. The van der Waals surface area contributed by atoms with Crippen LogP contribution in [0.1, 0.15) is 31.7 Å². The summed E-state index contributed by atoms with van der Waals surface area (Å²) < 4.78 is 6.33. The van der Waals surface area contributed by atoms with Crippen molar-refractivity contribution in [3.05, 3.63) is 56.7 Å². The second kappa shape index (κ2) is 9.72. The summed E-state index contributed by atoms with van der Waals surface area (Å²) in [6.07, 6.45) is 1.84. The number of amides is 1. The Morgan fingerprint density at radius 1 is 1.26 bits per heavy atom. The van der Waals surface area contributed by atoms with Crippen molar-refractivity contribution in [2.45, 2.75) is 32.7 Å². The minimum atomic E-state index is -0.678. The Morgan fingerprint density at radius 2 is 1.96 bits per heavy atom. The maximum Gasteiger partial charge on any atom is 0.330 e. The zero-order valence-electron chi connectivity index (χ0n) is 15.7. The molecule has 0 saturated heterocycles. The van der Waals surface area contributed by atoms with Gasteiger partial charge in [0, 0.05) is 20.1 Å². The normalized spacial score (nSPS) is 10.7. The average Bonchev–Trinajstić information content (AvgIpc) is 2.66. The van der Waals surface area contributed by atoms with Gasteiger partial charge in [-0.15, -0.1) is 0 Å². The summed E-state index contributed by atoms with van der Waals surface area (Å²) in [7, 11) is 1.51. The van der Waals surface area contributed by atoms with Gasteiger partial charge in [-0.1, -0.05) is 43.7 Å². The molecule has 2 aromatic rings. The lowest BCUT2D eigenvalue weighted by Gasteiger charge is -2.24. The number of carbonyl (C=O) groups is 1. The maximum atomic E-state index is 12.6. The summed E-state index contributed by atoms with van der Waals surface area (Å²) in [5, 5.41) is 0. The van der Waals surface area contributed by atoms with Crippen molar-refractivity contribution >= 4 is 17.4 Å². The molecule has 0 aliphatic heterocycles. The van der Waals surface area contributed by atoms with Crippen LogP contribution in [-0.2, 0) is 16.1 Å². The first kappa shape index (κ1) is 20.4. The summed E-state index contributed by atoms with van der Waals surface area (Å²) >= 11 is 0. The Labute approximate surface area is 157 Å². The number of nitrogens with two attached hydrogens (primary N) is 1. The molecule has 0 bridgehead atoms. The Kier molecular flexibility index (Phi) is 7.36. The molecular formula is C19H26N4O4. The molecule has 3 N–H and O–H groups in total. The van der Waals surface area contributed by atoms with Gasteiger partial charge in [-0.05, 0) is 12.0 Å². The Hall–Kier alpha value is -2.87. The molecular weight excluding hydrogens is 348 g/mol. The van der Waals surface area contributed by atoms with Crippen LogP contribution in [-0.4, -0.2) is 35.7 Å². The first-order chi connectivity index (χ1) is 13.0. The number of aromatic amines is 1. The van der Waals surface area contributed by atoms with E-state index in [1.807, 2.05) is 37.3 Å². The predicted octanol–water partition coefficient (Wildman–Crippen LogP) is 1.34. The Bertz CT molecular complexity index is 874. The number of hydrogen-bond acceptors (Lipinski definition) is 5. The average molecular weight is 374 g/mol. The number of H-pyrrole nitrogens is 1. The van der Waals surface area contributed by atoms with Crippen LogP contribution in [0.4, 0.5) is 11.5 Å². The molecule has 0 saturated carbocycles. The van der Waals surface area contributed by atoms with E-state index in [0.29, 0.717) is 6.42 Å². The molecule has 0 aliphatic rings. The van der Waals surface area contributed by atoms with Crippen molar-refractivity contribution in [1.29, 1.82) is 0 Å². The molecule has 0 fully saturated rings. The molecule has 1 heterocycles. The molecule has 1 aromatic heterocycles. The Balaban J connectivity index is 2.49. The number of nitrogens with zero attached hydrogens (tertiary/aromatic N) is 2. The number of unbranched alkanes of at least 4 members (excludes halogenated alkanes) is 1. The first-order valence-corrected chi connectivity index (χ1v) is 8.95. The second-order valence-electron chi connectivity index (χ2n) is 6.21. The van der Waals surface area contributed by atoms with E-state index in [4.69, 9.17) is 10.5 Å². The fourth-order valence-corrected chi connectivity index (χ4v) is 2.77. The van der Waals surface area contributed by atoms with Gasteiger partial charge in [-0.3, -0.25) is 19.1 Å². The lowest BCUT2D eigenvalue weighted by Crippen LogP contribution is -2.42. The van der Waals surface area contributed by atoms with Crippen LogP contribution in [0.15, 0.2) is 39.9 Å². The number of hydrogen-bond donors (Lipinski definition) is 2. The highest BCUT2D eigenvalue weighted by Crippen LogP contribution is 2.19. The van der Waals surface area contributed by atoms with Crippen LogP contribution in [0, 0.1) is 0 Å². The topological polar surface area (TPSA) is 110 Å². The number of nitrogens with one attached hydrogen (secondary N) is 1. The van der Waals surface area contributed by atoms with E-state index in [2.05, 4.69) is 4.98 Å². The second-order valence-corrected chi connectivity index (χ2v) is 6.21. The molecule has 0 radical (unpaired) electrons. The summed E-state index contributed by atoms with van der Waals surface area (Å²) in [6, 6.07) is 9.27. The molecule has 8 nitrogen and oxygen atoms in total. The molecule has 1 aromatic carbocycles. The summed E-state index contributed by atoms with van der Waals surface area (Å²) in [5.41, 5.74) is 5.73. The van der Waals surface area contributed by atoms with Crippen molar-refractivity contribution in [2.75, 3.05) is 30.9 Å². The number of aromatic nitrogens is 2. The number of anilines is 2. The summed E-state index contributed by atoms with van der Waals surface area (Å²) in [6.45, 7) is 2.59. The van der Waals surface area contributed by atoms with E-state index < -0.39 is 11.2 Å². The van der Waals surface area contributed by atoms with Crippen LogP contribution < -0.4 is 21.9 Å². The maximum absolute atomic E-state index is 12.6. The lowest BCUT2D eigenvalue weighted by molar-refractivity contribution is -0.118. The van der Waals surface area contributed by atoms with Gasteiger partial charge in [0.15, 0.2) is 5.69 Å². The van der Waals surface area contributed by atoms with E-state index >= 15 is 0 Å². The van der Waals surface area contributed by atoms with Gasteiger partial charge in [0.25, 0.3) is 5.56 Å². The third-order valence-corrected chi connectivity index (χ3v) is 4.23. The van der Waals surface area contributed by atoms with Gasteiger partial charge in [0.2, 0.25) is 5.91 Å². The number of methoxy groups -OCH3 is 1. The van der Waals surface area contributed by atoms with Crippen LogP contribution in [0.25, 0.3) is 0 Å². The van der Waals surface area contributed by atoms with Crippen LogP contribution in [0.5, 0.6) is 0 Å². The zero-order valence-corrected chi connectivity index (χ0v) is 15.7. The summed E-state index contributed by atoms with van der Waals surface area (Å²) in [4.78, 5) is 41.0. The molecule has 1 amide bonds. The van der Waals surface area contributed by atoms with Gasteiger partial charge in [0.05, 0.1) is 13.2 Å². The lowest BCUT2D eigenvalue weighted by atomic mass is 10.2. The van der Waals surface area contributed by atoms with E-state index in [1.54, 1.807) is 0 Å². The van der Waals surface area contributed by atoms with Gasteiger partial charge in [-0.2, -0.15) is 0 Å². The molecule has 146 valence electrons. The van der Waals surface area contributed by atoms with Crippen LogP contribution in [0.2, 0.25) is 0 Å². The van der Waals surface area contributed by atoms with Crippen LogP contribution in [0.3, 0.4) is 0 Å². The predicted molar refractivity (Wildman–Crippen MR) is 105 cm³/mol.